The van der Waals surface area contributed by atoms with Crippen molar-refractivity contribution in [2.45, 2.75) is 37.0 Å². The molecule has 1 heterocycles. The lowest BCUT2D eigenvalue weighted by atomic mass is 10.2. The highest BCUT2D eigenvalue weighted by molar-refractivity contribution is 5.09. The lowest BCUT2D eigenvalue weighted by Crippen LogP contribution is -2.50. The Hall–Kier alpha value is -0.290. The molecule has 1 saturated carbocycles. The van der Waals surface area contributed by atoms with E-state index < -0.39 is 11.7 Å². The number of hydrogen-bond donors (Lipinski definition) is 1. The van der Waals surface area contributed by atoms with Gasteiger partial charge in [0.1, 0.15) is 5.54 Å². The number of nitrogens with one attached hydrogen (secondary N) is 1. The summed E-state index contributed by atoms with van der Waals surface area (Å²) in [7, 11) is 0. The molecule has 2 aliphatic rings. The van der Waals surface area contributed by atoms with E-state index >= 15 is 0 Å². The van der Waals surface area contributed by atoms with Gasteiger partial charge in [0.05, 0.1) is 6.61 Å². The molecule has 0 radical (unpaired) electrons. The number of ether oxygens (including phenoxy) is 1. The molecule has 5 heteroatoms. The third kappa shape index (κ3) is 1.67. The molecule has 2 nitrogen and oxygen atoms in total. The first-order chi connectivity index (χ1) is 6.04. The Bertz CT molecular complexity index is 194. The summed E-state index contributed by atoms with van der Waals surface area (Å²) in [5.74, 6) is 0. The van der Waals surface area contributed by atoms with Crippen LogP contribution >= 0.6 is 0 Å². The molecule has 0 spiro atoms. The molecule has 1 saturated heterocycles. The first-order valence-corrected chi connectivity index (χ1v) is 4.46. The molecular weight excluding hydrogens is 183 g/mol. The van der Waals surface area contributed by atoms with Crippen LogP contribution in [0.25, 0.3) is 0 Å². The van der Waals surface area contributed by atoms with Gasteiger partial charge in [-0.3, -0.25) is 5.32 Å². The van der Waals surface area contributed by atoms with Crippen molar-refractivity contribution < 1.29 is 17.9 Å². The van der Waals surface area contributed by atoms with Crippen LogP contribution in [0.15, 0.2) is 0 Å². The van der Waals surface area contributed by atoms with E-state index in [9.17, 15) is 13.2 Å². The van der Waals surface area contributed by atoms with E-state index in [4.69, 9.17) is 4.74 Å². The van der Waals surface area contributed by atoms with Gasteiger partial charge in [-0.2, -0.15) is 13.2 Å². The van der Waals surface area contributed by atoms with E-state index in [1.54, 1.807) is 0 Å². The fourth-order valence-electron chi connectivity index (χ4n) is 1.67. The fraction of sp³-hybridized carbons (Fsp3) is 1.00. The highest BCUT2D eigenvalue weighted by atomic mass is 19.4. The van der Waals surface area contributed by atoms with Crippen molar-refractivity contribution in [3.05, 3.63) is 0 Å². The van der Waals surface area contributed by atoms with Crippen LogP contribution in [-0.4, -0.2) is 31.0 Å². The van der Waals surface area contributed by atoms with Crippen LogP contribution in [0.2, 0.25) is 0 Å². The zero-order valence-electron chi connectivity index (χ0n) is 7.16. The number of rotatable bonds is 2. The Labute approximate surface area is 74.4 Å². The van der Waals surface area contributed by atoms with Crippen LogP contribution in [0.1, 0.15) is 19.3 Å². The Kier molecular flexibility index (Phi) is 2.03. The maximum Gasteiger partial charge on any atom is 0.406 e. The van der Waals surface area contributed by atoms with Crippen molar-refractivity contribution in [2.75, 3.05) is 13.2 Å². The monoisotopic (exact) mass is 195 g/mol. The molecule has 0 aromatic heterocycles. The zero-order valence-corrected chi connectivity index (χ0v) is 7.16. The molecular formula is C8H12F3NO. The van der Waals surface area contributed by atoms with Crippen molar-refractivity contribution in [1.82, 2.24) is 5.32 Å². The lowest BCUT2D eigenvalue weighted by Gasteiger charge is -2.23. The summed E-state index contributed by atoms with van der Waals surface area (Å²) in [5.41, 5.74) is -1.58. The van der Waals surface area contributed by atoms with E-state index in [0.29, 0.717) is 19.6 Å². The molecule has 13 heavy (non-hydrogen) atoms. The third-order valence-corrected chi connectivity index (χ3v) is 2.70. The minimum Gasteiger partial charge on any atom is -0.380 e. The van der Waals surface area contributed by atoms with Crippen molar-refractivity contribution in [1.29, 1.82) is 0 Å². The van der Waals surface area contributed by atoms with Gasteiger partial charge in [-0.05, 0) is 19.3 Å². The van der Waals surface area contributed by atoms with Gasteiger partial charge in [-0.15, -0.1) is 0 Å². The van der Waals surface area contributed by atoms with Crippen LogP contribution in [0.5, 0.6) is 0 Å². The van der Waals surface area contributed by atoms with Gasteiger partial charge in [0.25, 0.3) is 0 Å². The highest BCUT2D eigenvalue weighted by Gasteiger charge is 2.63. The van der Waals surface area contributed by atoms with Gasteiger partial charge in [-0.25, -0.2) is 0 Å². The second-order valence-electron chi connectivity index (χ2n) is 3.78. The minimum absolute atomic E-state index is 0.107. The van der Waals surface area contributed by atoms with Crippen LogP contribution in [-0.2, 0) is 4.74 Å². The SMILES string of the molecule is FC(F)(F)C1(NC2CCOC2)CC1. The maximum absolute atomic E-state index is 12.4. The third-order valence-electron chi connectivity index (χ3n) is 2.70. The van der Waals surface area contributed by atoms with Crippen molar-refractivity contribution in [3.8, 4) is 0 Å². The summed E-state index contributed by atoms with van der Waals surface area (Å²) in [6, 6.07) is -0.107. The largest absolute Gasteiger partial charge is 0.406 e. The Morgan fingerprint density at radius 3 is 2.38 bits per heavy atom. The predicted octanol–water partition coefficient (Wildman–Crippen LogP) is 1.46. The summed E-state index contributed by atoms with van der Waals surface area (Å²) in [6.45, 7) is 0.990. The van der Waals surface area contributed by atoms with Crippen LogP contribution in [0.4, 0.5) is 13.2 Å². The second-order valence-corrected chi connectivity index (χ2v) is 3.78. The van der Waals surface area contributed by atoms with Crippen LogP contribution < -0.4 is 5.32 Å². The van der Waals surface area contributed by atoms with E-state index in [1.807, 2.05) is 0 Å². The Morgan fingerprint density at radius 2 is 2.00 bits per heavy atom. The summed E-state index contributed by atoms with van der Waals surface area (Å²) >= 11 is 0. The smallest absolute Gasteiger partial charge is 0.380 e. The molecule has 1 aliphatic carbocycles. The number of alkyl halides is 3. The van der Waals surface area contributed by atoms with Crippen molar-refractivity contribution >= 4 is 0 Å². The van der Waals surface area contributed by atoms with E-state index in [1.165, 1.54) is 0 Å². The first-order valence-electron chi connectivity index (χ1n) is 4.46. The molecule has 2 fully saturated rings. The fourth-order valence-corrected chi connectivity index (χ4v) is 1.67. The normalized spacial score (nSPS) is 32.1. The minimum atomic E-state index is -4.10. The van der Waals surface area contributed by atoms with E-state index in [2.05, 4.69) is 5.32 Å². The molecule has 0 aromatic rings. The number of halogens is 3. The standard InChI is InChI=1S/C8H12F3NO/c9-8(10,11)7(2-3-7)12-6-1-4-13-5-6/h6,12H,1-5H2. The predicted molar refractivity (Wildman–Crippen MR) is 40.4 cm³/mol. The molecule has 1 aliphatic heterocycles. The molecule has 1 unspecified atom stereocenters. The first kappa shape index (κ1) is 9.27. The summed E-state index contributed by atoms with van der Waals surface area (Å²) in [6.07, 6.45) is -2.98. The Balaban J connectivity index is 1.93. The summed E-state index contributed by atoms with van der Waals surface area (Å²) < 4.78 is 42.4. The van der Waals surface area contributed by atoms with Gasteiger partial charge >= 0.3 is 6.18 Å². The quantitative estimate of drug-likeness (QED) is 0.720. The summed E-state index contributed by atoms with van der Waals surface area (Å²) in [5, 5.41) is 2.66. The highest BCUT2D eigenvalue weighted by Crippen LogP contribution is 2.49. The molecule has 76 valence electrons. The average molecular weight is 195 g/mol. The van der Waals surface area contributed by atoms with Gasteiger partial charge < -0.3 is 4.74 Å². The van der Waals surface area contributed by atoms with Gasteiger partial charge in [-0.1, -0.05) is 0 Å². The molecule has 0 aromatic carbocycles. The summed E-state index contributed by atoms with van der Waals surface area (Å²) in [4.78, 5) is 0. The van der Waals surface area contributed by atoms with Crippen LogP contribution in [0, 0.1) is 0 Å². The van der Waals surface area contributed by atoms with E-state index in [0.717, 1.165) is 0 Å². The lowest BCUT2D eigenvalue weighted by molar-refractivity contribution is -0.167. The van der Waals surface area contributed by atoms with Crippen LogP contribution in [0.3, 0.4) is 0 Å². The maximum atomic E-state index is 12.4. The van der Waals surface area contributed by atoms with Gasteiger partial charge in [0.15, 0.2) is 0 Å². The topological polar surface area (TPSA) is 21.3 Å². The van der Waals surface area contributed by atoms with Crippen molar-refractivity contribution in [2.24, 2.45) is 0 Å². The molecule has 1 N–H and O–H groups in total. The van der Waals surface area contributed by atoms with E-state index in [-0.39, 0.29) is 18.9 Å². The van der Waals surface area contributed by atoms with Gasteiger partial charge in [0.2, 0.25) is 0 Å². The zero-order chi connectivity index (χ0) is 9.53. The molecule has 0 bridgehead atoms. The van der Waals surface area contributed by atoms with Crippen molar-refractivity contribution in [3.63, 3.8) is 0 Å². The average Bonchev–Trinajstić information content (AvgIpc) is 2.59. The second kappa shape index (κ2) is 2.85. The Morgan fingerprint density at radius 1 is 1.31 bits per heavy atom. The molecule has 1 atom stereocenters. The molecule has 0 amide bonds. The van der Waals surface area contributed by atoms with Gasteiger partial charge in [0, 0.05) is 12.6 Å². The molecule has 2 rings (SSSR count). The number of hydrogen-bond acceptors (Lipinski definition) is 2.